The van der Waals surface area contributed by atoms with E-state index in [-0.39, 0.29) is 24.3 Å². The van der Waals surface area contributed by atoms with Crippen LogP contribution in [0.25, 0.3) is 0 Å². The summed E-state index contributed by atoms with van der Waals surface area (Å²) in [5, 5.41) is 2.94. The van der Waals surface area contributed by atoms with Crippen LogP contribution < -0.4 is 10.1 Å². The number of amides is 2. The first-order valence-electron chi connectivity index (χ1n) is 9.96. The maximum Gasteiger partial charge on any atom is 0.226 e. The predicted octanol–water partition coefficient (Wildman–Crippen LogP) is 3.10. The number of nitrogens with zero attached hydrogens (tertiary/aromatic N) is 2. The number of fused-ring (bicyclic) bond motifs is 1. The molecule has 1 heterocycles. The normalized spacial score (nSPS) is 15.7. The third-order valence-electron chi connectivity index (χ3n) is 5.14. The SMILES string of the molecule is CC(=O)N1CCc2ccccc2C1CC(=O)Nc1ccc(OCCN(C)C)cc1. The Morgan fingerprint density at radius 3 is 2.55 bits per heavy atom. The maximum absolute atomic E-state index is 12.7. The zero-order valence-corrected chi connectivity index (χ0v) is 17.4. The van der Waals surface area contributed by atoms with E-state index < -0.39 is 0 Å². The number of anilines is 1. The van der Waals surface area contributed by atoms with Gasteiger partial charge in [0.15, 0.2) is 0 Å². The minimum Gasteiger partial charge on any atom is -0.492 e. The average molecular weight is 396 g/mol. The molecule has 0 saturated heterocycles. The Balaban J connectivity index is 1.63. The van der Waals surface area contributed by atoms with Crippen molar-refractivity contribution in [3.8, 4) is 5.75 Å². The molecule has 29 heavy (non-hydrogen) atoms. The van der Waals surface area contributed by atoms with Gasteiger partial charge in [0.05, 0.1) is 12.5 Å². The van der Waals surface area contributed by atoms with Crippen molar-refractivity contribution in [2.75, 3.05) is 39.1 Å². The van der Waals surface area contributed by atoms with Gasteiger partial charge >= 0.3 is 0 Å². The quantitative estimate of drug-likeness (QED) is 0.783. The minimum atomic E-state index is -0.230. The second kappa shape index (κ2) is 9.56. The average Bonchev–Trinajstić information content (AvgIpc) is 2.69. The van der Waals surface area contributed by atoms with Gasteiger partial charge in [0.25, 0.3) is 0 Å². The van der Waals surface area contributed by atoms with Gasteiger partial charge in [0.1, 0.15) is 12.4 Å². The van der Waals surface area contributed by atoms with Crippen LogP contribution in [0.4, 0.5) is 5.69 Å². The Hall–Kier alpha value is -2.86. The van der Waals surface area contributed by atoms with Gasteiger partial charge < -0.3 is 19.9 Å². The largest absolute Gasteiger partial charge is 0.492 e. The van der Waals surface area contributed by atoms with Crippen LogP contribution in [0.3, 0.4) is 0 Å². The summed E-state index contributed by atoms with van der Waals surface area (Å²) in [6, 6.07) is 15.2. The Kier molecular flexibility index (Phi) is 6.88. The molecule has 0 saturated carbocycles. The molecule has 0 spiro atoms. The van der Waals surface area contributed by atoms with Crippen molar-refractivity contribution in [2.45, 2.75) is 25.8 Å². The van der Waals surface area contributed by atoms with E-state index in [2.05, 4.69) is 16.3 Å². The zero-order chi connectivity index (χ0) is 20.8. The summed E-state index contributed by atoms with van der Waals surface area (Å²) in [6.45, 7) is 3.66. The molecule has 2 amide bonds. The lowest BCUT2D eigenvalue weighted by Crippen LogP contribution is -2.40. The van der Waals surface area contributed by atoms with E-state index in [0.29, 0.717) is 18.8 Å². The number of nitrogens with one attached hydrogen (secondary N) is 1. The molecule has 0 aliphatic carbocycles. The van der Waals surface area contributed by atoms with E-state index in [1.54, 1.807) is 11.8 Å². The standard InChI is InChI=1S/C23H29N3O3/c1-17(27)26-13-12-18-6-4-5-7-21(18)22(26)16-23(28)24-19-8-10-20(11-9-19)29-15-14-25(2)3/h4-11,22H,12-16H2,1-3H3,(H,24,28). The molecule has 2 aromatic rings. The summed E-state index contributed by atoms with van der Waals surface area (Å²) in [6.07, 6.45) is 1.06. The monoisotopic (exact) mass is 395 g/mol. The van der Waals surface area contributed by atoms with Crippen molar-refractivity contribution in [1.29, 1.82) is 0 Å². The molecule has 0 aromatic heterocycles. The van der Waals surface area contributed by atoms with Crippen LogP contribution in [0.1, 0.15) is 30.5 Å². The molecule has 1 atom stereocenters. The second-order valence-corrected chi connectivity index (χ2v) is 7.61. The highest BCUT2D eigenvalue weighted by atomic mass is 16.5. The first-order chi connectivity index (χ1) is 13.9. The van der Waals surface area contributed by atoms with E-state index >= 15 is 0 Å². The zero-order valence-electron chi connectivity index (χ0n) is 17.4. The van der Waals surface area contributed by atoms with Crippen molar-refractivity contribution >= 4 is 17.5 Å². The van der Waals surface area contributed by atoms with Crippen LogP contribution in [0.2, 0.25) is 0 Å². The smallest absolute Gasteiger partial charge is 0.226 e. The molecule has 1 aliphatic heterocycles. The fourth-order valence-electron chi connectivity index (χ4n) is 3.62. The fourth-order valence-corrected chi connectivity index (χ4v) is 3.62. The Morgan fingerprint density at radius 1 is 1.14 bits per heavy atom. The summed E-state index contributed by atoms with van der Waals surface area (Å²) in [7, 11) is 4.00. The van der Waals surface area contributed by atoms with E-state index in [0.717, 1.165) is 24.3 Å². The van der Waals surface area contributed by atoms with E-state index in [1.165, 1.54) is 5.56 Å². The van der Waals surface area contributed by atoms with Crippen LogP contribution in [0, 0.1) is 0 Å². The molecule has 2 aromatic carbocycles. The lowest BCUT2D eigenvalue weighted by Gasteiger charge is -2.36. The molecule has 0 fully saturated rings. The maximum atomic E-state index is 12.7. The highest BCUT2D eigenvalue weighted by molar-refractivity contribution is 5.91. The van der Waals surface area contributed by atoms with Crippen LogP contribution in [-0.4, -0.2) is 55.4 Å². The van der Waals surface area contributed by atoms with Crippen LogP contribution in [-0.2, 0) is 16.0 Å². The summed E-state index contributed by atoms with van der Waals surface area (Å²) >= 11 is 0. The molecule has 1 N–H and O–H groups in total. The molecule has 154 valence electrons. The minimum absolute atomic E-state index is 0.00321. The van der Waals surface area contributed by atoms with Crippen molar-refractivity contribution < 1.29 is 14.3 Å². The van der Waals surface area contributed by atoms with Gasteiger partial charge in [-0.3, -0.25) is 9.59 Å². The lowest BCUT2D eigenvalue weighted by molar-refractivity contribution is -0.132. The molecule has 0 bridgehead atoms. The molecular weight excluding hydrogens is 366 g/mol. The van der Waals surface area contributed by atoms with E-state index in [4.69, 9.17) is 4.74 Å². The third kappa shape index (κ3) is 5.57. The number of likely N-dealkylation sites (N-methyl/N-ethyl adjacent to an activating group) is 1. The lowest BCUT2D eigenvalue weighted by atomic mass is 9.90. The summed E-state index contributed by atoms with van der Waals surface area (Å²) < 4.78 is 5.68. The Bertz CT molecular complexity index is 849. The Labute approximate surface area is 172 Å². The van der Waals surface area contributed by atoms with Gasteiger partial charge in [-0.2, -0.15) is 0 Å². The topological polar surface area (TPSA) is 61.9 Å². The number of hydrogen-bond acceptors (Lipinski definition) is 4. The van der Waals surface area contributed by atoms with Crippen molar-refractivity contribution in [3.63, 3.8) is 0 Å². The molecular formula is C23H29N3O3. The highest BCUT2D eigenvalue weighted by Gasteiger charge is 2.30. The van der Waals surface area contributed by atoms with Crippen LogP contribution in [0.15, 0.2) is 48.5 Å². The summed E-state index contributed by atoms with van der Waals surface area (Å²) in [5.74, 6) is 0.657. The van der Waals surface area contributed by atoms with Gasteiger partial charge in [-0.1, -0.05) is 24.3 Å². The molecule has 6 nitrogen and oxygen atoms in total. The number of benzene rings is 2. The van der Waals surface area contributed by atoms with Crippen LogP contribution >= 0.6 is 0 Å². The van der Waals surface area contributed by atoms with Crippen molar-refractivity contribution in [1.82, 2.24) is 9.80 Å². The third-order valence-corrected chi connectivity index (χ3v) is 5.14. The van der Waals surface area contributed by atoms with Gasteiger partial charge in [-0.05, 0) is 55.9 Å². The molecule has 0 radical (unpaired) electrons. The summed E-state index contributed by atoms with van der Waals surface area (Å²) in [4.78, 5) is 28.7. The first-order valence-corrected chi connectivity index (χ1v) is 9.96. The van der Waals surface area contributed by atoms with E-state index in [9.17, 15) is 9.59 Å². The molecule has 1 aliphatic rings. The molecule has 6 heteroatoms. The van der Waals surface area contributed by atoms with E-state index in [1.807, 2.05) is 56.6 Å². The van der Waals surface area contributed by atoms with Gasteiger partial charge in [0.2, 0.25) is 11.8 Å². The molecule has 3 rings (SSSR count). The van der Waals surface area contributed by atoms with Gasteiger partial charge in [-0.25, -0.2) is 0 Å². The number of carbonyl (C=O) groups is 2. The fraction of sp³-hybridized carbons (Fsp3) is 0.391. The number of rotatable bonds is 7. The van der Waals surface area contributed by atoms with Crippen LogP contribution in [0.5, 0.6) is 5.75 Å². The first kappa shape index (κ1) is 20.9. The van der Waals surface area contributed by atoms with Gasteiger partial charge in [-0.15, -0.1) is 0 Å². The summed E-state index contributed by atoms with van der Waals surface area (Å²) in [5.41, 5.74) is 2.99. The second-order valence-electron chi connectivity index (χ2n) is 7.61. The predicted molar refractivity (Wildman–Crippen MR) is 114 cm³/mol. The Morgan fingerprint density at radius 2 is 1.86 bits per heavy atom. The van der Waals surface area contributed by atoms with Crippen molar-refractivity contribution in [2.24, 2.45) is 0 Å². The number of carbonyl (C=O) groups excluding carboxylic acids is 2. The van der Waals surface area contributed by atoms with Crippen molar-refractivity contribution in [3.05, 3.63) is 59.7 Å². The highest BCUT2D eigenvalue weighted by Crippen LogP contribution is 2.32. The number of ether oxygens (including phenoxy) is 1. The molecule has 1 unspecified atom stereocenters. The number of hydrogen-bond donors (Lipinski definition) is 1. The van der Waals surface area contributed by atoms with Gasteiger partial charge in [0, 0.05) is 25.7 Å².